The molecule has 5 heteroatoms. The summed E-state index contributed by atoms with van der Waals surface area (Å²) in [5.74, 6) is -0.730. The number of carbonyl (C=O) groups is 1. The van der Waals surface area contributed by atoms with E-state index >= 15 is 0 Å². The molecular formula is C9H13N3O2. The molecule has 0 radical (unpaired) electrons. The normalized spacial score (nSPS) is 12.4. The summed E-state index contributed by atoms with van der Waals surface area (Å²) in [5.41, 5.74) is 12.0. The van der Waals surface area contributed by atoms with E-state index < -0.39 is 5.97 Å². The van der Waals surface area contributed by atoms with Crippen LogP contribution in [0, 0.1) is 0 Å². The van der Waals surface area contributed by atoms with Crippen LogP contribution in [0.2, 0.25) is 0 Å². The summed E-state index contributed by atoms with van der Waals surface area (Å²) < 4.78 is 0. The maximum absolute atomic E-state index is 10.7. The Hall–Kier alpha value is -1.62. The number of nitrogens with zero attached hydrogens (tertiary/aromatic N) is 1. The molecule has 0 saturated heterocycles. The van der Waals surface area contributed by atoms with Crippen LogP contribution in [0.5, 0.6) is 0 Å². The molecule has 76 valence electrons. The molecule has 1 heterocycles. The molecule has 0 spiro atoms. The predicted molar refractivity (Wildman–Crippen MR) is 52.8 cm³/mol. The Morgan fingerprint density at radius 2 is 2.36 bits per heavy atom. The maximum Gasteiger partial charge on any atom is 0.337 e. The van der Waals surface area contributed by atoms with Gasteiger partial charge in [0, 0.05) is 17.8 Å². The molecule has 0 amide bonds. The van der Waals surface area contributed by atoms with E-state index in [9.17, 15) is 4.79 Å². The third kappa shape index (κ3) is 2.00. The second-order valence-electron chi connectivity index (χ2n) is 3.02. The van der Waals surface area contributed by atoms with Gasteiger partial charge in [0.05, 0.1) is 5.56 Å². The van der Waals surface area contributed by atoms with E-state index in [2.05, 4.69) is 4.98 Å². The summed E-state index contributed by atoms with van der Waals surface area (Å²) in [6.07, 6.45) is 1.92. The molecule has 1 atom stereocenters. The van der Waals surface area contributed by atoms with Crippen LogP contribution in [-0.2, 0) is 0 Å². The number of hydrogen-bond donors (Lipinski definition) is 3. The third-order valence-electron chi connectivity index (χ3n) is 2.04. The summed E-state index contributed by atoms with van der Waals surface area (Å²) in [5, 5.41) is 8.73. The molecule has 1 rings (SSSR count). The number of anilines is 1. The zero-order valence-electron chi connectivity index (χ0n) is 7.90. The van der Waals surface area contributed by atoms with E-state index in [0.717, 1.165) is 0 Å². The lowest BCUT2D eigenvalue weighted by atomic mass is 10.0. The number of nitrogens with two attached hydrogens (primary N) is 2. The summed E-state index contributed by atoms with van der Waals surface area (Å²) >= 11 is 0. The Morgan fingerprint density at radius 3 is 2.86 bits per heavy atom. The van der Waals surface area contributed by atoms with Gasteiger partial charge in [-0.15, -0.1) is 0 Å². The van der Waals surface area contributed by atoms with Gasteiger partial charge in [-0.1, -0.05) is 6.92 Å². The second-order valence-corrected chi connectivity index (χ2v) is 3.02. The van der Waals surface area contributed by atoms with E-state index in [1.54, 1.807) is 0 Å². The number of rotatable bonds is 3. The van der Waals surface area contributed by atoms with Gasteiger partial charge in [0.25, 0.3) is 0 Å². The van der Waals surface area contributed by atoms with Gasteiger partial charge in [0.15, 0.2) is 0 Å². The Bertz CT molecular complexity index is 352. The van der Waals surface area contributed by atoms with Crippen LogP contribution in [0.15, 0.2) is 12.3 Å². The van der Waals surface area contributed by atoms with Crippen LogP contribution >= 0.6 is 0 Å². The molecule has 0 saturated carbocycles. The van der Waals surface area contributed by atoms with Crippen molar-refractivity contribution in [3.05, 3.63) is 23.4 Å². The Balaban J connectivity index is 3.14. The summed E-state index contributed by atoms with van der Waals surface area (Å²) in [6.45, 7) is 1.90. The molecule has 14 heavy (non-hydrogen) atoms. The van der Waals surface area contributed by atoms with Gasteiger partial charge in [-0.3, -0.25) is 0 Å². The molecule has 0 fully saturated rings. The van der Waals surface area contributed by atoms with Crippen molar-refractivity contribution in [2.75, 3.05) is 5.73 Å². The van der Waals surface area contributed by atoms with Crippen LogP contribution in [0.3, 0.4) is 0 Å². The largest absolute Gasteiger partial charge is 0.478 e. The fourth-order valence-corrected chi connectivity index (χ4v) is 1.13. The van der Waals surface area contributed by atoms with E-state index in [0.29, 0.717) is 17.8 Å². The first-order valence-corrected chi connectivity index (χ1v) is 4.30. The van der Waals surface area contributed by atoms with Crippen molar-refractivity contribution in [2.24, 2.45) is 5.73 Å². The third-order valence-corrected chi connectivity index (χ3v) is 2.04. The minimum absolute atomic E-state index is 0.109. The number of aromatic nitrogens is 1. The first-order valence-electron chi connectivity index (χ1n) is 4.30. The van der Waals surface area contributed by atoms with Crippen LogP contribution in [0.25, 0.3) is 0 Å². The highest BCUT2D eigenvalue weighted by Gasteiger charge is 2.12. The lowest BCUT2D eigenvalue weighted by molar-refractivity contribution is 0.0696. The maximum atomic E-state index is 10.7. The van der Waals surface area contributed by atoms with Gasteiger partial charge < -0.3 is 16.6 Å². The van der Waals surface area contributed by atoms with Crippen molar-refractivity contribution in [2.45, 2.75) is 19.4 Å². The molecule has 0 aliphatic heterocycles. The van der Waals surface area contributed by atoms with Crippen molar-refractivity contribution in [3.63, 3.8) is 0 Å². The zero-order chi connectivity index (χ0) is 10.7. The zero-order valence-corrected chi connectivity index (χ0v) is 7.90. The molecular weight excluding hydrogens is 182 g/mol. The Kier molecular flexibility index (Phi) is 3.03. The van der Waals surface area contributed by atoms with Gasteiger partial charge >= 0.3 is 5.97 Å². The highest BCUT2D eigenvalue weighted by atomic mass is 16.4. The Morgan fingerprint density at radius 1 is 1.71 bits per heavy atom. The Labute approximate surface area is 81.7 Å². The highest BCUT2D eigenvalue weighted by molar-refractivity contribution is 5.87. The van der Waals surface area contributed by atoms with Crippen LogP contribution in [-0.4, -0.2) is 16.1 Å². The fourth-order valence-electron chi connectivity index (χ4n) is 1.13. The summed E-state index contributed by atoms with van der Waals surface area (Å²) in [7, 11) is 0. The number of pyridine rings is 1. The van der Waals surface area contributed by atoms with Gasteiger partial charge in [0.1, 0.15) is 5.82 Å². The number of carboxylic acids is 1. The molecule has 1 aromatic rings. The van der Waals surface area contributed by atoms with E-state index in [1.165, 1.54) is 12.3 Å². The molecule has 5 nitrogen and oxygen atoms in total. The molecule has 0 aliphatic rings. The van der Waals surface area contributed by atoms with Gasteiger partial charge in [0.2, 0.25) is 0 Å². The van der Waals surface area contributed by atoms with Crippen molar-refractivity contribution in [1.29, 1.82) is 0 Å². The standard InChI is InChI=1S/C9H13N3O2/c1-2-7(10)6-3-5(9(13)14)4-12-8(6)11/h3-4,7H,2,10H2,1H3,(H2,11,12)(H,13,14). The molecule has 5 N–H and O–H groups in total. The quantitative estimate of drug-likeness (QED) is 0.661. The first-order chi connectivity index (χ1) is 6.56. The van der Waals surface area contributed by atoms with Crippen LogP contribution < -0.4 is 11.5 Å². The minimum Gasteiger partial charge on any atom is -0.478 e. The molecule has 0 aromatic carbocycles. The lowest BCUT2D eigenvalue weighted by Gasteiger charge is -2.11. The topological polar surface area (TPSA) is 102 Å². The highest BCUT2D eigenvalue weighted by Crippen LogP contribution is 2.19. The van der Waals surface area contributed by atoms with Gasteiger partial charge in [-0.05, 0) is 12.5 Å². The lowest BCUT2D eigenvalue weighted by Crippen LogP contribution is -2.13. The van der Waals surface area contributed by atoms with E-state index in [-0.39, 0.29) is 11.6 Å². The summed E-state index contributed by atoms with van der Waals surface area (Å²) in [6, 6.07) is 1.21. The molecule has 0 aliphatic carbocycles. The van der Waals surface area contributed by atoms with Crippen molar-refractivity contribution in [3.8, 4) is 0 Å². The summed E-state index contributed by atoms with van der Waals surface area (Å²) in [4.78, 5) is 14.4. The van der Waals surface area contributed by atoms with Crippen LogP contribution in [0.1, 0.15) is 35.3 Å². The predicted octanol–water partition coefficient (Wildman–Crippen LogP) is 0.772. The monoisotopic (exact) mass is 195 g/mol. The van der Waals surface area contributed by atoms with Gasteiger partial charge in [-0.25, -0.2) is 9.78 Å². The van der Waals surface area contributed by atoms with Crippen molar-refractivity contribution in [1.82, 2.24) is 4.98 Å². The second kappa shape index (κ2) is 4.06. The minimum atomic E-state index is -1.03. The SMILES string of the molecule is CCC(N)c1cc(C(=O)O)cnc1N. The van der Waals surface area contributed by atoms with E-state index in [4.69, 9.17) is 16.6 Å². The molecule has 1 aromatic heterocycles. The average molecular weight is 195 g/mol. The van der Waals surface area contributed by atoms with Gasteiger partial charge in [-0.2, -0.15) is 0 Å². The number of aromatic carboxylic acids is 1. The number of nitrogen functional groups attached to an aromatic ring is 1. The number of hydrogen-bond acceptors (Lipinski definition) is 4. The van der Waals surface area contributed by atoms with E-state index in [1.807, 2.05) is 6.92 Å². The average Bonchev–Trinajstić information content (AvgIpc) is 2.17. The smallest absolute Gasteiger partial charge is 0.337 e. The molecule has 0 bridgehead atoms. The molecule has 1 unspecified atom stereocenters. The van der Waals surface area contributed by atoms with Crippen molar-refractivity contribution >= 4 is 11.8 Å². The first kappa shape index (κ1) is 10.5. The fraction of sp³-hybridized carbons (Fsp3) is 0.333. The van der Waals surface area contributed by atoms with Crippen molar-refractivity contribution < 1.29 is 9.90 Å². The van der Waals surface area contributed by atoms with Crippen LogP contribution in [0.4, 0.5) is 5.82 Å². The number of carboxylic acid groups (broad SMARTS) is 1.